The van der Waals surface area contributed by atoms with Crippen LogP contribution in [0.25, 0.3) is 0 Å². The van der Waals surface area contributed by atoms with E-state index >= 15 is 0 Å². The lowest BCUT2D eigenvalue weighted by molar-refractivity contribution is -0.115. The fourth-order valence-corrected chi connectivity index (χ4v) is 6.44. The third-order valence-corrected chi connectivity index (χ3v) is 8.22. The molecular formula is C17H19IN2O3S2. The van der Waals surface area contributed by atoms with Crippen LogP contribution >= 0.6 is 33.9 Å². The van der Waals surface area contributed by atoms with Gasteiger partial charge in [-0.1, -0.05) is 0 Å². The Morgan fingerprint density at radius 1 is 1.24 bits per heavy atom. The second-order valence-electron chi connectivity index (χ2n) is 6.02. The highest BCUT2D eigenvalue weighted by Crippen LogP contribution is 2.28. The van der Waals surface area contributed by atoms with Crippen LogP contribution in [0.4, 0.5) is 5.69 Å². The summed E-state index contributed by atoms with van der Waals surface area (Å²) in [7, 11) is -3.40. The molecule has 1 aromatic carbocycles. The summed E-state index contributed by atoms with van der Waals surface area (Å²) in [6, 6.07) is 9.16. The Balaban J connectivity index is 1.67. The zero-order valence-corrected chi connectivity index (χ0v) is 17.6. The third kappa shape index (κ3) is 4.42. The monoisotopic (exact) mass is 490 g/mol. The molecule has 3 rings (SSSR count). The van der Waals surface area contributed by atoms with Crippen LogP contribution < -0.4 is 5.32 Å². The molecule has 8 heteroatoms. The van der Waals surface area contributed by atoms with Gasteiger partial charge in [0.25, 0.3) is 10.0 Å². The summed E-state index contributed by atoms with van der Waals surface area (Å²) in [6.07, 6.45) is 2.00. The van der Waals surface area contributed by atoms with Gasteiger partial charge in [0.2, 0.25) is 5.91 Å². The van der Waals surface area contributed by atoms with Gasteiger partial charge in [0.05, 0.1) is 6.42 Å². The van der Waals surface area contributed by atoms with Crippen LogP contribution in [0.1, 0.15) is 23.3 Å². The number of nitrogens with zero attached hydrogens (tertiary/aromatic N) is 1. The lowest BCUT2D eigenvalue weighted by Gasteiger charge is -2.13. The highest BCUT2D eigenvalue weighted by atomic mass is 127. The summed E-state index contributed by atoms with van der Waals surface area (Å²) in [5, 5.41) is 2.89. The van der Waals surface area contributed by atoms with Crippen molar-refractivity contribution in [3.05, 3.63) is 44.3 Å². The molecular weight excluding hydrogens is 471 g/mol. The van der Waals surface area contributed by atoms with Gasteiger partial charge >= 0.3 is 0 Å². The minimum Gasteiger partial charge on any atom is -0.326 e. The molecule has 0 atom stereocenters. The Kier molecular flexibility index (Phi) is 5.81. The number of carbonyl (C=O) groups is 1. The van der Waals surface area contributed by atoms with Crippen LogP contribution in [-0.4, -0.2) is 31.7 Å². The Morgan fingerprint density at radius 2 is 1.96 bits per heavy atom. The molecule has 25 heavy (non-hydrogen) atoms. The number of halogens is 1. The summed E-state index contributed by atoms with van der Waals surface area (Å²) in [5.74, 6) is -0.142. The molecule has 1 saturated heterocycles. The van der Waals surface area contributed by atoms with Gasteiger partial charge < -0.3 is 5.32 Å². The van der Waals surface area contributed by atoms with Crippen molar-refractivity contribution >= 4 is 55.5 Å². The fourth-order valence-electron chi connectivity index (χ4n) is 2.77. The zero-order chi connectivity index (χ0) is 18.0. The van der Waals surface area contributed by atoms with Crippen molar-refractivity contribution in [2.45, 2.75) is 30.4 Å². The lowest BCUT2D eigenvalue weighted by Crippen LogP contribution is -2.27. The first-order valence-corrected chi connectivity index (χ1v) is 11.3. The van der Waals surface area contributed by atoms with E-state index in [9.17, 15) is 13.2 Å². The van der Waals surface area contributed by atoms with E-state index in [0.717, 1.165) is 32.5 Å². The first-order chi connectivity index (χ1) is 11.9. The van der Waals surface area contributed by atoms with Crippen LogP contribution in [0.15, 0.2) is 34.5 Å². The number of sulfonamides is 1. The van der Waals surface area contributed by atoms with Gasteiger partial charge in [-0.3, -0.25) is 4.79 Å². The number of benzene rings is 1. The van der Waals surface area contributed by atoms with Crippen molar-refractivity contribution in [1.82, 2.24) is 4.31 Å². The van der Waals surface area contributed by atoms with Crippen molar-refractivity contribution in [3.8, 4) is 0 Å². The molecule has 0 spiro atoms. The number of carbonyl (C=O) groups excluding carboxylic acids is 1. The molecule has 1 N–H and O–H groups in total. The van der Waals surface area contributed by atoms with Gasteiger partial charge in [0, 0.05) is 27.2 Å². The summed E-state index contributed by atoms with van der Waals surface area (Å²) in [4.78, 5) is 13.0. The lowest BCUT2D eigenvalue weighted by atomic mass is 10.2. The third-order valence-electron chi connectivity index (χ3n) is 4.09. The van der Waals surface area contributed by atoms with Crippen LogP contribution in [0.3, 0.4) is 0 Å². The predicted octanol–water partition coefficient (Wildman–Crippen LogP) is 3.63. The molecule has 0 bridgehead atoms. The molecule has 0 saturated carbocycles. The largest absolute Gasteiger partial charge is 0.326 e. The standard InChI is InChI=1S/C17H19IN2O3S2/c1-12-10-13(18)4-6-15(12)19-16(21)11-14-5-7-17(24-14)25(22,23)20-8-2-3-9-20/h4-7,10H,2-3,8-9,11H2,1H3,(H,19,21). The van der Waals surface area contributed by atoms with E-state index < -0.39 is 10.0 Å². The first-order valence-electron chi connectivity index (χ1n) is 8.01. The topological polar surface area (TPSA) is 66.5 Å². The molecule has 134 valence electrons. The molecule has 5 nitrogen and oxygen atoms in total. The molecule has 1 fully saturated rings. The van der Waals surface area contributed by atoms with E-state index in [-0.39, 0.29) is 12.3 Å². The summed E-state index contributed by atoms with van der Waals surface area (Å²) in [5.41, 5.74) is 1.79. The molecule has 0 aliphatic carbocycles. The number of rotatable bonds is 5. The van der Waals surface area contributed by atoms with E-state index in [1.54, 1.807) is 12.1 Å². The number of hydrogen-bond donors (Lipinski definition) is 1. The molecule has 1 amide bonds. The molecule has 1 aromatic heterocycles. The normalized spacial score (nSPS) is 15.4. The summed E-state index contributed by atoms with van der Waals surface area (Å²) >= 11 is 3.41. The van der Waals surface area contributed by atoms with Gasteiger partial charge in [0.15, 0.2) is 0 Å². The zero-order valence-electron chi connectivity index (χ0n) is 13.8. The average Bonchev–Trinajstić information content (AvgIpc) is 3.22. The predicted molar refractivity (Wildman–Crippen MR) is 109 cm³/mol. The maximum atomic E-state index is 12.5. The Hall–Kier alpha value is -0.970. The van der Waals surface area contributed by atoms with Gasteiger partial charge in [-0.25, -0.2) is 8.42 Å². The number of amides is 1. The molecule has 0 unspecified atom stereocenters. The number of aryl methyl sites for hydroxylation is 1. The maximum absolute atomic E-state index is 12.5. The Bertz CT molecular complexity index is 887. The maximum Gasteiger partial charge on any atom is 0.252 e. The molecule has 2 aromatic rings. The van der Waals surface area contributed by atoms with Gasteiger partial charge in [0.1, 0.15) is 4.21 Å². The molecule has 1 aliphatic heterocycles. The molecule has 0 radical (unpaired) electrons. The van der Waals surface area contributed by atoms with E-state index in [2.05, 4.69) is 27.9 Å². The van der Waals surface area contributed by atoms with E-state index in [0.29, 0.717) is 17.3 Å². The van der Waals surface area contributed by atoms with Crippen molar-refractivity contribution < 1.29 is 13.2 Å². The van der Waals surface area contributed by atoms with Crippen molar-refractivity contribution in [2.24, 2.45) is 0 Å². The number of hydrogen-bond acceptors (Lipinski definition) is 4. The van der Waals surface area contributed by atoms with E-state index in [1.165, 1.54) is 15.6 Å². The average molecular weight is 490 g/mol. The summed E-state index contributed by atoms with van der Waals surface area (Å²) < 4.78 is 28.0. The Labute approximate surface area is 165 Å². The van der Waals surface area contributed by atoms with Gasteiger partial charge in [-0.15, -0.1) is 11.3 Å². The highest BCUT2D eigenvalue weighted by molar-refractivity contribution is 14.1. The number of nitrogens with one attached hydrogen (secondary N) is 1. The summed E-state index contributed by atoms with van der Waals surface area (Å²) in [6.45, 7) is 3.12. The van der Waals surface area contributed by atoms with Crippen LogP contribution in [0.5, 0.6) is 0 Å². The van der Waals surface area contributed by atoms with Crippen LogP contribution in [-0.2, 0) is 21.2 Å². The van der Waals surface area contributed by atoms with E-state index in [1.807, 2.05) is 25.1 Å². The quantitative estimate of drug-likeness (QED) is 0.652. The second-order valence-corrected chi connectivity index (χ2v) is 10.6. The molecule has 2 heterocycles. The highest BCUT2D eigenvalue weighted by Gasteiger charge is 2.28. The van der Waals surface area contributed by atoms with Gasteiger partial charge in [-0.05, 0) is 78.3 Å². The van der Waals surface area contributed by atoms with Crippen LogP contribution in [0.2, 0.25) is 0 Å². The molecule has 1 aliphatic rings. The van der Waals surface area contributed by atoms with Crippen molar-refractivity contribution in [1.29, 1.82) is 0 Å². The second kappa shape index (κ2) is 7.73. The minimum absolute atomic E-state index is 0.142. The fraction of sp³-hybridized carbons (Fsp3) is 0.353. The minimum atomic E-state index is -3.40. The Morgan fingerprint density at radius 3 is 2.64 bits per heavy atom. The van der Waals surface area contributed by atoms with Gasteiger partial charge in [-0.2, -0.15) is 4.31 Å². The van der Waals surface area contributed by atoms with Crippen molar-refractivity contribution in [2.75, 3.05) is 18.4 Å². The SMILES string of the molecule is Cc1cc(I)ccc1NC(=O)Cc1ccc(S(=O)(=O)N2CCCC2)s1. The number of anilines is 1. The smallest absolute Gasteiger partial charge is 0.252 e. The van der Waals surface area contributed by atoms with Crippen LogP contribution in [0, 0.1) is 10.5 Å². The van der Waals surface area contributed by atoms with Crippen molar-refractivity contribution in [3.63, 3.8) is 0 Å². The first kappa shape index (κ1) is 18.8. The number of thiophene rings is 1. The van der Waals surface area contributed by atoms with E-state index in [4.69, 9.17) is 0 Å².